The van der Waals surface area contributed by atoms with Gasteiger partial charge in [0.2, 0.25) is 0 Å². The number of ether oxygens (including phenoxy) is 1. The van der Waals surface area contributed by atoms with E-state index in [1.807, 2.05) is 20.8 Å². The fraction of sp³-hybridized carbons (Fsp3) is 1.00. The molecule has 0 unspecified atom stereocenters. The van der Waals surface area contributed by atoms with Crippen molar-refractivity contribution >= 4 is 0 Å². The normalized spacial score (nSPS) is 12.0. The smallest absolute Gasteiger partial charge is 0.106 e. The van der Waals surface area contributed by atoms with Crippen LogP contribution in [0.4, 0.5) is 0 Å². The quantitative estimate of drug-likeness (QED) is 0.570. The summed E-state index contributed by atoms with van der Waals surface area (Å²) in [5.41, 5.74) is -0.107. The molecule has 55 valence electrons. The maximum Gasteiger partial charge on any atom is 0.106 e. The molecule has 9 heavy (non-hydrogen) atoms. The highest BCUT2D eigenvalue weighted by atomic mass is 16.5. The van der Waals surface area contributed by atoms with Gasteiger partial charge in [0.1, 0.15) is 6.61 Å². The van der Waals surface area contributed by atoms with Crippen LogP contribution in [0.15, 0.2) is 0 Å². The summed E-state index contributed by atoms with van der Waals surface area (Å²) < 4.78 is 5.22. The highest BCUT2D eigenvalue weighted by molar-refractivity contribution is 4.64. The number of hydrogen-bond acceptors (Lipinski definition) is 1. The lowest BCUT2D eigenvalue weighted by molar-refractivity contribution is -0.0446. The molecule has 0 aromatic heterocycles. The van der Waals surface area contributed by atoms with Gasteiger partial charge in [-0.15, -0.1) is 0 Å². The van der Waals surface area contributed by atoms with Crippen molar-refractivity contribution in [2.45, 2.75) is 32.8 Å². The highest BCUT2D eigenvalue weighted by Crippen LogP contribution is 2.12. The monoisotopic (exact) mass is 131 g/mol. The fourth-order valence-electron chi connectivity index (χ4n) is 0.420. The molecule has 0 aliphatic heterocycles. The minimum atomic E-state index is -0.135. The Balaban J connectivity index is 3.33. The van der Waals surface area contributed by atoms with Crippen LogP contribution in [0.25, 0.3) is 0 Å². The van der Waals surface area contributed by atoms with Crippen LogP contribution in [0.3, 0.4) is 0 Å². The molecule has 0 heterocycles. The molecule has 2 nitrogen and oxygen atoms in total. The summed E-state index contributed by atoms with van der Waals surface area (Å²) in [4.78, 5) is 0. The third kappa shape index (κ3) is 4.43. The number of rotatable bonds is 4. The largest absolute Gasteiger partial charge is 0.373 e. The highest BCUT2D eigenvalue weighted by Gasteiger charge is 2.13. The molecule has 0 fully saturated rings. The average molecular weight is 131 g/mol. The van der Waals surface area contributed by atoms with Crippen LogP contribution in [0.1, 0.15) is 27.2 Å². The first kappa shape index (κ1) is 8.92. The van der Waals surface area contributed by atoms with Gasteiger partial charge in [-0.2, -0.15) is 0 Å². The zero-order chi connectivity index (χ0) is 7.33. The second-order valence-electron chi connectivity index (χ2n) is 2.67. The molecular weight excluding hydrogens is 116 g/mol. The van der Waals surface area contributed by atoms with Gasteiger partial charge < -0.3 is 4.74 Å². The van der Waals surface area contributed by atoms with Crippen LogP contribution in [0.2, 0.25) is 0 Å². The van der Waals surface area contributed by atoms with E-state index in [1.54, 1.807) is 0 Å². The van der Waals surface area contributed by atoms with Crippen molar-refractivity contribution in [3.63, 3.8) is 0 Å². The van der Waals surface area contributed by atoms with Gasteiger partial charge in [0.15, 0.2) is 0 Å². The van der Waals surface area contributed by atoms with Crippen LogP contribution in [-0.4, -0.2) is 18.8 Å². The molecule has 1 radical (unpaired) electrons. The van der Waals surface area contributed by atoms with Crippen molar-refractivity contribution in [1.29, 1.82) is 0 Å². The maximum absolute atomic E-state index is 9.97. The Bertz CT molecular complexity index is 69.3. The third-order valence-electron chi connectivity index (χ3n) is 1.43. The standard InChI is InChI=1S/C7H15O2/c1-4-7(2,3)9-6-5-8/h4-6H2,1-3H3. The molecule has 0 N–H and O–H groups in total. The van der Waals surface area contributed by atoms with Gasteiger partial charge in [0.25, 0.3) is 0 Å². The summed E-state index contributed by atoms with van der Waals surface area (Å²) in [6, 6.07) is 0. The van der Waals surface area contributed by atoms with Crippen LogP contribution in [-0.2, 0) is 9.84 Å². The third-order valence-corrected chi connectivity index (χ3v) is 1.43. The van der Waals surface area contributed by atoms with Crippen molar-refractivity contribution < 1.29 is 9.84 Å². The Hall–Kier alpha value is -0.0800. The van der Waals surface area contributed by atoms with Crippen LogP contribution in [0, 0.1) is 0 Å². The summed E-state index contributed by atoms with van der Waals surface area (Å²) in [5.74, 6) is 0. The predicted molar refractivity (Wildman–Crippen MR) is 35.9 cm³/mol. The first-order chi connectivity index (χ1) is 4.12. The molecule has 0 aliphatic carbocycles. The molecule has 0 aromatic carbocycles. The van der Waals surface area contributed by atoms with Gasteiger partial charge in [-0.3, -0.25) is 0 Å². The first-order valence-corrected chi connectivity index (χ1v) is 3.34. The predicted octanol–water partition coefficient (Wildman–Crippen LogP) is 1.62. The Morgan fingerprint density at radius 3 is 2.33 bits per heavy atom. The van der Waals surface area contributed by atoms with Crippen LogP contribution in [0.5, 0.6) is 0 Å². The fourth-order valence-corrected chi connectivity index (χ4v) is 0.420. The van der Waals surface area contributed by atoms with Crippen LogP contribution >= 0.6 is 0 Å². The Labute approximate surface area is 56.8 Å². The zero-order valence-electron chi connectivity index (χ0n) is 6.44. The molecule has 0 aromatic rings. The Morgan fingerprint density at radius 1 is 1.44 bits per heavy atom. The Kier molecular flexibility index (Phi) is 3.82. The summed E-state index contributed by atoms with van der Waals surface area (Å²) in [5, 5.41) is 9.97. The molecule has 0 rings (SSSR count). The molecule has 0 amide bonds. The lowest BCUT2D eigenvalue weighted by Crippen LogP contribution is -2.24. The zero-order valence-corrected chi connectivity index (χ0v) is 6.44. The van der Waals surface area contributed by atoms with Crippen molar-refractivity contribution in [2.24, 2.45) is 0 Å². The SMILES string of the molecule is CCC(C)(C)OCC[O]. The van der Waals surface area contributed by atoms with Gasteiger partial charge >= 0.3 is 0 Å². The molecule has 0 atom stereocenters. The molecule has 2 heteroatoms. The van der Waals surface area contributed by atoms with E-state index in [-0.39, 0.29) is 12.2 Å². The van der Waals surface area contributed by atoms with E-state index in [9.17, 15) is 5.11 Å². The Morgan fingerprint density at radius 2 is 2.00 bits per heavy atom. The van der Waals surface area contributed by atoms with E-state index in [4.69, 9.17) is 4.74 Å². The van der Waals surface area contributed by atoms with Crippen molar-refractivity contribution in [3.8, 4) is 0 Å². The van der Waals surface area contributed by atoms with Gasteiger partial charge in [-0.05, 0) is 20.3 Å². The minimum Gasteiger partial charge on any atom is -0.373 e. The van der Waals surface area contributed by atoms with E-state index < -0.39 is 0 Å². The summed E-state index contributed by atoms with van der Waals surface area (Å²) >= 11 is 0. The van der Waals surface area contributed by atoms with E-state index in [1.165, 1.54) is 0 Å². The molecule has 0 aliphatic rings. The summed E-state index contributed by atoms with van der Waals surface area (Å²) in [6.45, 7) is 6.22. The molecule has 0 bridgehead atoms. The van der Waals surface area contributed by atoms with E-state index in [0.717, 1.165) is 6.42 Å². The van der Waals surface area contributed by atoms with Gasteiger partial charge in [-0.25, -0.2) is 5.11 Å². The molecule has 0 saturated heterocycles. The lowest BCUT2D eigenvalue weighted by atomic mass is 10.1. The molecule has 0 spiro atoms. The molecular formula is C7H15O2. The van der Waals surface area contributed by atoms with Crippen molar-refractivity contribution in [2.75, 3.05) is 13.2 Å². The summed E-state index contributed by atoms with van der Waals surface area (Å²) in [7, 11) is 0. The second-order valence-corrected chi connectivity index (χ2v) is 2.67. The maximum atomic E-state index is 9.97. The first-order valence-electron chi connectivity index (χ1n) is 3.34. The summed E-state index contributed by atoms with van der Waals surface area (Å²) in [6.07, 6.45) is 0.951. The van der Waals surface area contributed by atoms with Crippen molar-refractivity contribution in [1.82, 2.24) is 0 Å². The van der Waals surface area contributed by atoms with Gasteiger partial charge in [0.05, 0.1) is 12.2 Å². The van der Waals surface area contributed by atoms with Crippen molar-refractivity contribution in [3.05, 3.63) is 0 Å². The minimum absolute atomic E-state index is 0.107. The van der Waals surface area contributed by atoms with E-state index in [2.05, 4.69) is 0 Å². The number of hydrogen-bond donors (Lipinski definition) is 0. The second kappa shape index (κ2) is 3.85. The van der Waals surface area contributed by atoms with Gasteiger partial charge in [-0.1, -0.05) is 6.92 Å². The lowest BCUT2D eigenvalue weighted by Gasteiger charge is -2.22. The van der Waals surface area contributed by atoms with Gasteiger partial charge in [0, 0.05) is 0 Å². The molecule has 0 saturated carbocycles. The van der Waals surface area contributed by atoms with E-state index >= 15 is 0 Å². The topological polar surface area (TPSA) is 29.1 Å². The van der Waals surface area contributed by atoms with Crippen LogP contribution < -0.4 is 0 Å². The average Bonchev–Trinajstić information content (AvgIpc) is 1.84. The van der Waals surface area contributed by atoms with E-state index in [0.29, 0.717) is 6.61 Å².